The van der Waals surface area contributed by atoms with E-state index in [1.54, 1.807) is 0 Å². The molecule has 2 rings (SSSR count). The van der Waals surface area contributed by atoms with E-state index in [0.717, 1.165) is 30.4 Å². The van der Waals surface area contributed by atoms with Crippen molar-refractivity contribution in [1.82, 2.24) is 4.98 Å². The Labute approximate surface area is 155 Å². The average molecular weight is 410 g/mol. The van der Waals surface area contributed by atoms with Crippen LogP contribution in [0.3, 0.4) is 0 Å². The maximum Gasteiger partial charge on any atom is 0.416 e. The Bertz CT molecular complexity index is 795. The third-order valence-corrected chi connectivity index (χ3v) is 5.00. The Morgan fingerprint density at radius 1 is 1.15 bits per heavy atom. The molecule has 0 fully saturated rings. The van der Waals surface area contributed by atoms with E-state index >= 15 is 0 Å². The van der Waals surface area contributed by atoms with Gasteiger partial charge in [-0.1, -0.05) is 19.1 Å². The summed E-state index contributed by atoms with van der Waals surface area (Å²) >= 11 is 1.03. The fourth-order valence-corrected chi connectivity index (χ4v) is 3.27. The van der Waals surface area contributed by atoms with Crippen molar-refractivity contribution < 1.29 is 31.4 Å². The molecule has 1 unspecified atom stereocenters. The van der Waals surface area contributed by atoms with Crippen molar-refractivity contribution in [2.45, 2.75) is 38.7 Å². The third-order valence-electron chi connectivity index (χ3n) is 3.87. The number of aliphatic hydroxyl groups is 1. The fraction of sp³-hybridized carbons (Fsp3) is 0.412. The topological polar surface area (TPSA) is 57.0 Å². The van der Waals surface area contributed by atoms with Crippen LogP contribution in [0.5, 0.6) is 0 Å². The zero-order valence-corrected chi connectivity index (χ0v) is 14.9. The van der Waals surface area contributed by atoms with Crippen molar-refractivity contribution in [3.63, 3.8) is 0 Å². The number of alkyl halides is 6. The minimum Gasteiger partial charge on any atom is -0.391 e. The molecule has 0 saturated carbocycles. The number of nitrogens with zero attached hydrogens (tertiary/aromatic N) is 1. The fourth-order valence-electron chi connectivity index (χ4n) is 2.33. The maximum absolute atomic E-state index is 12.6. The van der Waals surface area contributed by atoms with Crippen LogP contribution in [-0.2, 0) is 19.2 Å². The first-order valence-corrected chi connectivity index (χ1v) is 8.63. The quantitative estimate of drug-likeness (QED) is 0.490. The summed E-state index contributed by atoms with van der Waals surface area (Å²) in [5, 5.41) is 17.5. The Morgan fingerprint density at radius 3 is 2.22 bits per heavy atom. The number of benzene rings is 1. The van der Waals surface area contributed by atoms with Gasteiger partial charge in [0.15, 0.2) is 0 Å². The number of hydrogen-bond acceptors (Lipinski definition) is 4. The molecule has 1 atom stereocenters. The van der Waals surface area contributed by atoms with Crippen LogP contribution in [0.2, 0.25) is 0 Å². The van der Waals surface area contributed by atoms with E-state index in [1.165, 1.54) is 12.1 Å². The number of thiazole rings is 1. The van der Waals surface area contributed by atoms with E-state index in [-0.39, 0.29) is 17.8 Å². The molecule has 1 aromatic heterocycles. The molecule has 1 heterocycles. The van der Waals surface area contributed by atoms with Gasteiger partial charge in [0.05, 0.1) is 28.7 Å². The van der Waals surface area contributed by atoms with Gasteiger partial charge in [-0.3, -0.25) is 0 Å². The van der Waals surface area contributed by atoms with Crippen molar-refractivity contribution in [3.05, 3.63) is 40.4 Å². The van der Waals surface area contributed by atoms with E-state index < -0.39 is 36.9 Å². The van der Waals surface area contributed by atoms with Crippen LogP contribution in [0, 0.1) is 11.3 Å². The molecule has 0 spiro atoms. The molecule has 0 aliphatic carbocycles. The third kappa shape index (κ3) is 5.52. The Balaban J connectivity index is 2.19. The molecule has 2 aromatic rings. The van der Waals surface area contributed by atoms with Gasteiger partial charge in [-0.25, -0.2) is 4.98 Å². The van der Waals surface area contributed by atoms with E-state index in [2.05, 4.69) is 4.98 Å². The summed E-state index contributed by atoms with van der Waals surface area (Å²) < 4.78 is 75.7. The van der Waals surface area contributed by atoms with E-state index in [1.807, 2.05) is 0 Å². The highest BCUT2D eigenvalue weighted by Gasteiger charge is 2.36. The second-order valence-corrected chi connectivity index (χ2v) is 7.13. The summed E-state index contributed by atoms with van der Waals surface area (Å²) in [6, 6.07) is 4.29. The highest BCUT2D eigenvalue weighted by Crippen LogP contribution is 2.34. The van der Waals surface area contributed by atoms with Crippen LogP contribution in [0.25, 0.3) is 10.6 Å². The zero-order valence-electron chi connectivity index (χ0n) is 14.1. The number of hydrogen-bond donors (Lipinski definition) is 2. The lowest BCUT2D eigenvalue weighted by Gasteiger charge is -2.15. The Hall–Kier alpha value is -1.94. The summed E-state index contributed by atoms with van der Waals surface area (Å²) in [7, 11) is 0. The summed E-state index contributed by atoms with van der Waals surface area (Å²) in [6.07, 6.45) is -9.51. The van der Waals surface area contributed by atoms with Crippen LogP contribution < -0.4 is 0 Å². The van der Waals surface area contributed by atoms with Gasteiger partial charge < -0.3 is 10.5 Å². The lowest BCUT2D eigenvalue weighted by molar-refractivity contribution is -0.167. The van der Waals surface area contributed by atoms with Gasteiger partial charge in [0.25, 0.3) is 0 Å². The molecule has 0 aliphatic heterocycles. The van der Waals surface area contributed by atoms with Crippen molar-refractivity contribution in [2.75, 3.05) is 0 Å². The molecule has 148 valence electrons. The normalized spacial score (nSPS) is 13.6. The van der Waals surface area contributed by atoms with Crippen LogP contribution in [0.1, 0.15) is 29.5 Å². The lowest BCUT2D eigenvalue weighted by Crippen LogP contribution is -2.23. The molecule has 0 radical (unpaired) electrons. The van der Waals surface area contributed by atoms with Crippen LogP contribution >= 0.6 is 11.3 Å². The Morgan fingerprint density at radius 2 is 1.74 bits per heavy atom. The molecular formula is C17H16F6N2OS. The standard InChI is InChI=1S/C17H16F6N2OS/c1-9(16(18,19)20)6-12(24)7-13-14(8-26)27-15(25-13)10-2-4-11(5-3-10)17(21,22)23/h2-5,9,24,26H,6-8H2,1H3. The molecule has 1 aromatic carbocycles. The number of aliphatic hydroxyl groups excluding tert-OH is 1. The van der Waals surface area contributed by atoms with E-state index in [4.69, 9.17) is 5.41 Å². The summed E-state index contributed by atoms with van der Waals surface area (Å²) in [5.41, 5.74) is -0.340. The summed E-state index contributed by atoms with van der Waals surface area (Å²) in [4.78, 5) is 4.58. The monoisotopic (exact) mass is 410 g/mol. The minimum atomic E-state index is -4.47. The first kappa shape index (κ1) is 21.4. The number of aromatic nitrogens is 1. The second-order valence-electron chi connectivity index (χ2n) is 6.05. The van der Waals surface area contributed by atoms with Gasteiger partial charge in [0, 0.05) is 17.7 Å². The van der Waals surface area contributed by atoms with Crippen LogP contribution in [0.15, 0.2) is 24.3 Å². The smallest absolute Gasteiger partial charge is 0.391 e. The van der Waals surface area contributed by atoms with Gasteiger partial charge in [0.1, 0.15) is 5.01 Å². The van der Waals surface area contributed by atoms with Crippen molar-refractivity contribution in [2.24, 2.45) is 5.92 Å². The molecule has 0 amide bonds. The van der Waals surface area contributed by atoms with Crippen LogP contribution in [0.4, 0.5) is 26.3 Å². The largest absolute Gasteiger partial charge is 0.416 e. The predicted octanol–water partition coefficient (Wildman–Crippen LogP) is 5.47. The van der Waals surface area contributed by atoms with E-state index in [0.29, 0.717) is 15.4 Å². The lowest BCUT2D eigenvalue weighted by atomic mass is 10.0. The molecule has 0 bridgehead atoms. The van der Waals surface area contributed by atoms with Crippen molar-refractivity contribution >= 4 is 17.0 Å². The first-order valence-electron chi connectivity index (χ1n) is 7.82. The minimum absolute atomic E-state index is 0.159. The average Bonchev–Trinajstić information content (AvgIpc) is 2.96. The van der Waals surface area contributed by atoms with Gasteiger partial charge in [-0.15, -0.1) is 11.3 Å². The number of nitrogens with one attached hydrogen (secondary N) is 1. The molecule has 0 saturated heterocycles. The molecule has 0 aliphatic rings. The maximum atomic E-state index is 12.6. The molecule has 10 heteroatoms. The zero-order chi connectivity index (χ0) is 20.4. The predicted molar refractivity (Wildman–Crippen MR) is 89.7 cm³/mol. The summed E-state index contributed by atoms with van der Waals surface area (Å²) in [5.74, 6) is -1.67. The second kappa shape index (κ2) is 7.97. The number of rotatable bonds is 6. The molecule has 3 nitrogen and oxygen atoms in total. The van der Waals surface area contributed by atoms with E-state index in [9.17, 15) is 31.4 Å². The van der Waals surface area contributed by atoms with Gasteiger partial charge in [-0.2, -0.15) is 26.3 Å². The van der Waals surface area contributed by atoms with Gasteiger partial charge in [-0.05, 0) is 18.6 Å². The van der Waals surface area contributed by atoms with Crippen LogP contribution in [-0.4, -0.2) is 22.0 Å². The highest BCUT2D eigenvalue weighted by molar-refractivity contribution is 7.15. The molecule has 2 N–H and O–H groups in total. The SMILES string of the molecule is CC(CC(=N)Cc1nc(-c2ccc(C(F)(F)F)cc2)sc1CO)C(F)(F)F. The van der Waals surface area contributed by atoms with Gasteiger partial charge in [0.2, 0.25) is 0 Å². The molecular weight excluding hydrogens is 394 g/mol. The van der Waals surface area contributed by atoms with Gasteiger partial charge >= 0.3 is 12.4 Å². The first-order chi connectivity index (χ1) is 12.4. The summed E-state index contributed by atoms with van der Waals surface area (Å²) in [6.45, 7) is 0.561. The Kier molecular flexibility index (Phi) is 6.31. The molecule has 27 heavy (non-hydrogen) atoms. The number of halogens is 6. The van der Waals surface area contributed by atoms with Crippen molar-refractivity contribution in [1.29, 1.82) is 5.41 Å². The highest BCUT2D eigenvalue weighted by atomic mass is 32.1. The van der Waals surface area contributed by atoms with Crippen molar-refractivity contribution in [3.8, 4) is 10.6 Å².